The number of nitrogens with two attached hydrogens (primary N) is 1. The molecule has 0 saturated carbocycles. The first kappa shape index (κ1) is 14.5. The first-order valence-electron chi connectivity index (χ1n) is 6.71. The van der Waals surface area contributed by atoms with Crippen LogP contribution in [-0.4, -0.2) is 36.0 Å². The van der Waals surface area contributed by atoms with Gasteiger partial charge < -0.3 is 15.4 Å². The van der Waals surface area contributed by atoms with E-state index in [-0.39, 0.29) is 11.9 Å². The molecule has 1 heterocycles. The molecule has 0 bridgehead atoms. The molecule has 0 aromatic heterocycles. The second-order valence-corrected chi connectivity index (χ2v) is 5.36. The maximum Gasteiger partial charge on any atom is 0.346 e. The van der Waals surface area contributed by atoms with E-state index in [2.05, 4.69) is 4.99 Å². The van der Waals surface area contributed by atoms with Crippen molar-refractivity contribution in [1.29, 1.82) is 0 Å². The number of ether oxygens (including phenoxy) is 1. The molecular formula is C15H21N3O2. The molecule has 2 N–H and O–H groups in total. The van der Waals surface area contributed by atoms with Crippen molar-refractivity contribution < 1.29 is 9.53 Å². The van der Waals surface area contributed by atoms with Gasteiger partial charge in [0.25, 0.3) is 0 Å². The van der Waals surface area contributed by atoms with Crippen LogP contribution in [-0.2, 0) is 11.3 Å². The normalized spacial score (nSPS) is 22.5. The molecule has 5 heteroatoms. The Bertz CT molecular complexity index is 513. The van der Waals surface area contributed by atoms with Crippen LogP contribution in [0.25, 0.3) is 0 Å². The van der Waals surface area contributed by atoms with E-state index in [9.17, 15) is 4.79 Å². The smallest absolute Gasteiger partial charge is 0.346 e. The van der Waals surface area contributed by atoms with Crippen molar-refractivity contribution >= 4 is 11.9 Å². The predicted octanol–water partition coefficient (Wildman–Crippen LogP) is 2.02. The molecular weight excluding hydrogens is 254 g/mol. The monoisotopic (exact) mass is 275 g/mol. The van der Waals surface area contributed by atoms with E-state index in [1.165, 1.54) is 0 Å². The van der Waals surface area contributed by atoms with Crippen LogP contribution in [0.4, 0.5) is 4.79 Å². The molecule has 108 valence electrons. The van der Waals surface area contributed by atoms with E-state index >= 15 is 0 Å². The summed E-state index contributed by atoms with van der Waals surface area (Å²) in [5, 5.41) is 0. The van der Waals surface area contributed by atoms with E-state index < -0.39 is 5.54 Å². The van der Waals surface area contributed by atoms with Gasteiger partial charge in [0.15, 0.2) is 0 Å². The Kier molecular flexibility index (Phi) is 4.09. The summed E-state index contributed by atoms with van der Waals surface area (Å²) >= 11 is 0. The van der Waals surface area contributed by atoms with Crippen LogP contribution in [0.1, 0.15) is 19.4 Å². The molecule has 1 aliphatic rings. The minimum Gasteiger partial charge on any atom is -0.385 e. The highest BCUT2D eigenvalue weighted by Gasteiger charge is 2.50. The average Bonchev–Trinajstić information content (AvgIpc) is 2.65. The van der Waals surface area contributed by atoms with Crippen LogP contribution in [0.3, 0.4) is 0 Å². The summed E-state index contributed by atoms with van der Waals surface area (Å²) in [7, 11) is 1.61. The Morgan fingerprint density at radius 3 is 2.55 bits per heavy atom. The molecule has 0 saturated heterocycles. The lowest BCUT2D eigenvalue weighted by molar-refractivity contribution is 0.0520. The van der Waals surface area contributed by atoms with Crippen molar-refractivity contribution in [2.45, 2.75) is 25.9 Å². The quantitative estimate of drug-likeness (QED) is 0.894. The molecule has 20 heavy (non-hydrogen) atoms. The molecule has 2 amide bonds. The zero-order chi connectivity index (χ0) is 14.8. The number of amides is 2. The summed E-state index contributed by atoms with van der Waals surface area (Å²) in [6, 6.07) is 9.53. The van der Waals surface area contributed by atoms with Crippen molar-refractivity contribution in [1.82, 2.24) is 4.90 Å². The highest BCUT2D eigenvalue weighted by Crippen LogP contribution is 2.32. The highest BCUT2D eigenvalue weighted by molar-refractivity contribution is 6.06. The lowest BCUT2D eigenvalue weighted by Gasteiger charge is -2.40. The summed E-state index contributed by atoms with van der Waals surface area (Å²) in [6.45, 7) is 4.87. The maximum atomic E-state index is 12.2. The van der Waals surface area contributed by atoms with E-state index in [0.717, 1.165) is 5.56 Å². The lowest BCUT2D eigenvalue weighted by Crippen LogP contribution is -2.60. The minimum atomic E-state index is -0.665. The Balaban J connectivity index is 2.36. The fourth-order valence-corrected chi connectivity index (χ4v) is 2.69. The third-order valence-corrected chi connectivity index (χ3v) is 3.88. The second-order valence-electron chi connectivity index (χ2n) is 5.36. The molecule has 1 unspecified atom stereocenters. The van der Waals surface area contributed by atoms with Gasteiger partial charge in [-0.3, -0.25) is 0 Å². The molecule has 0 radical (unpaired) electrons. The average molecular weight is 275 g/mol. The summed E-state index contributed by atoms with van der Waals surface area (Å²) in [5.74, 6) is 0.455. The van der Waals surface area contributed by atoms with Crippen molar-refractivity contribution in [3.8, 4) is 0 Å². The van der Waals surface area contributed by atoms with Gasteiger partial charge in [0, 0.05) is 13.7 Å². The van der Waals surface area contributed by atoms with E-state index in [1.807, 2.05) is 44.2 Å². The number of benzene rings is 1. The van der Waals surface area contributed by atoms with Crippen molar-refractivity contribution in [3.05, 3.63) is 35.9 Å². The number of hydrogen-bond donors (Lipinski definition) is 1. The van der Waals surface area contributed by atoms with Gasteiger partial charge in [-0.05, 0) is 11.5 Å². The summed E-state index contributed by atoms with van der Waals surface area (Å²) in [4.78, 5) is 17.9. The number of hydrogen-bond acceptors (Lipinski definition) is 3. The Morgan fingerprint density at radius 2 is 2.00 bits per heavy atom. The largest absolute Gasteiger partial charge is 0.385 e. The zero-order valence-corrected chi connectivity index (χ0v) is 12.2. The molecule has 2 rings (SSSR count). The number of nitrogens with zero attached hydrogens (tertiary/aromatic N) is 2. The summed E-state index contributed by atoms with van der Waals surface area (Å²) in [5.41, 5.74) is 6.43. The Hall–Kier alpha value is -1.88. The maximum absolute atomic E-state index is 12.2. The predicted molar refractivity (Wildman–Crippen MR) is 78.4 cm³/mol. The molecule has 1 aromatic rings. The van der Waals surface area contributed by atoms with Gasteiger partial charge in [0.2, 0.25) is 0 Å². The first-order valence-corrected chi connectivity index (χ1v) is 6.71. The molecule has 5 nitrogen and oxygen atoms in total. The van der Waals surface area contributed by atoms with Gasteiger partial charge >= 0.3 is 6.03 Å². The summed E-state index contributed by atoms with van der Waals surface area (Å²) in [6.07, 6.45) is 0. The van der Waals surface area contributed by atoms with Gasteiger partial charge in [0.1, 0.15) is 11.4 Å². The zero-order valence-electron chi connectivity index (χ0n) is 12.2. The minimum absolute atomic E-state index is 0.112. The van der Waals surface area contributed by atoms with Gasteiger partial charge in [-0.25, -0.2) is 4.79 Å². The molecule has 1 atom stereocenters. The number of carbonyl (C=O) groups is 1. The lowest BCUT2D eigenvalue weighted by atomic mass is 9.84. The molecule has 1 aliphatic heterocycles. The number of amidine groups is 1. The molecule has 0 aliphatic carbocycles. The van der Waals surface area contributed by atoms with Gasteiger partial charge in [0.05, 0.1) is 6.61 Å². The SMILES string of the molecule is COCC1(C(C)C)C(N)=NC(=O)N1Cc1ccccc1. The summed E-state index contributed by atoms with van der Waals surface area (Å²) < 4.78 is 5.32. The number of aliphatic imine (C=N–C) groups is 1. The van der Waals surface area contributed by atoms with Gasteiger partial charge in [-0.2, -0.15) is 4.99 Å². The van der Waals surface area contributed by atoms with Crippen LogP contribution < -0.4 is 5.73 Å². The number of methoxy groups -OCH3 is 1. The molecule has 1 aromatic carbocycles. The first-order chi connectivity index (χ1) is 9.52. The van der Waals surface area contributed by atoms with E-state index in [1.54, 1.807) is 12.0 Å². The van der Waals surface area contributed by atoms with E-state index in [4.69, 9.17) is 10.5 Å². The molecule has 0 fully saturated rings. The van der Waals surface area contributed by atoms with Gasteiger partial charge in [-0.15, -0.1) is 0 Å². The van der Waals surface area contributed by atoms with Crippen LogP contribution >= 0.6 is 0 Å². The Labute approximate surface area is 119 Å². The van der Waals surface area contributed by atoms with Crippen molar-refractivity contribution in [2.75, 3.05) is 13.7 Å². The fourth-order valence-electron chi connectivity index (χ4n) is 2.69. The number of urea groups is 1. The standard InChI is InChI=1S/C15H21N3O2/c1-11(2)15(10-20-3)13(16)17-14(19)18(15)9-12-7-5-4-6-8-12/h4-8,11H,9-10H2,1-3H3,(H2,16,17,19). The number of carbonyl (C=O) groups excluding carboxylic acids is 1. The van der Waals surface area contributed by atoms with Crippen LogP contribution in [0.5, 0.6) is 0 Å². The topological polar surface area (TPSA) is 67.9 Å². The van der Waals surface area contributed by atoms with Crippen LogP contribution in [0.15, 0.2) is 35.3 Å². The third-order valence-electron chi connectivity index (χ3n) is 3.88. The molecule has 0 spiro atoms. The van der Waals surface area contributed by atoms with E-state index in [0.29, 0.717) is 19.0 Å². The van der Waals surface area contributed by atoms with Crippen LogP contribution in [0, 0.1) is 5.92 Å². The number of rotatable bonds is 5. The Morgan fingerprint density at radius 1 is 1.35 bits per heavy atom. The third kappa shape index (κ3) is 2.29. The van der Waals surface area contributed by atoms with Crippen molar-refractivity contribution in [3.63, 3.8) is 0 Å². The fraction of sp³-hybridized carbons (Fsp3) is 0.467. The highest BCUT2D eigenvalue weighted by atomic mass is 16.5. The second kappa shape index (κ2) is 5.63. The van der Waals surface area contributed by atoms with Gasteiger partial charge in [-0.1, -0.05) is 44.2 Å². The van der Waals surface area contributed by atoms with Crippen molar-refractivity contribution in [2.24, 2.45) is 16.6 Å². The van der Waals surface area contributed by atoms with Crippen LogP contribution in [0.2, 0.25) is 0 Å².